The molecule has 2 bridgehead atoms. The van der Waals surface area contributed by atoms with E-state index >= 15 is 0 Å². The summed E-state index contributed by atoms with van der Waals surface area (Å²) < 4.78 is 33.9. The second kappa shape index (κ2) is 7.60. The minimum atomic E-state index is -3.48. The minimum Gasteiger partial charge on any atom is -0.491 e. The Labute approximate surface area is 151 Å². The van der Waals surface area contributed by atoms with E-state index in [1.165, 1.54) is 0 Å². The van der Waals surface area contributed by atoms with Crippen LogP contribution in [0.4, 0.5) is 0 Å². The molecule has 136 valence electrons. The van der Waals surface area contributed by atoms with Gasteiger partial charge in [-0.2, -0.15) is 0 Å². The van der Waals surface area contributed by atoms with E-state index in [4.69, 9.17) is 4.74 Å². The van der Waals surface area contributed by atoms with Crippen molar-refractivity contribution in [3.63, 3.8) is 0 Å². The maximum atomic E-state index is 12.6. The molecule has 1 aromatic rings. The third kappa shape index (κ3) is 4.42. The molecule has 0 spiro atoms. The summed E-state index contributed by atoms with van der Waals surface area (Å²) >= 11 is 0. The van der Waals surface area contributed by atoms with E-state index in [9.17, 15) is 8.42 Å². The molecule has 2 aliphatic heterocycles. The molecule has 2 aliphatic rings. The van der Waals surface area contributed by atoms with Crippen molar-refractivity contribution in [2.24, 2.45) is 0 Å². The summed E-state index contributed by atoms with van der Waals surface area (Å²) in [6.07, 6.45) is 4.14. The smallest absolute Gasteiger partial charge is 0.240 e. The number of ether oxygens (including phenoxy) is 1. The zero-order chi connectivity index (χ0) is 16.6. The second-order valence-corrected chi connectivity index (χ2v) is 8.74. The average molecular weight is 375 g/mol. The number of sulfonamides is 1. The zero-order valence-corrected chi connectivity index (χ0v) is 16.0. The van der Waals surface area contributed by atoms with E-state index in [-0.39, 0.29) is 24.6 Å². The number of halogens is 1. The van der Waals surface area contributed by atoms with Crippen LogP contribution in [-0.2, 0) is 10.0 Å². The lowest BCUT2D eigenvalue weighted by Gasteiger charge is -2.29. The van der Waals surface area contributed by atoms with Gasteiger partial charge in [0.15, 0.2) is 0 Å². The summed E-state index contributed by atoms with van der Waals surface area (Å²) in [6, 6.07) is 6.02. The van der Waals surface area contributed by atoms with Gasteiger partial charge in [0.05, 0.1) is 11.0 Å². The van der Waals surface area contributed by atoms with Crippen molar-refractivity contribution in [3.8, 4) is 5.75 Å². The Kier molecular flexibility index (Phi) is 6.18. The van der Waals surface area contributed by atoms with Crippen LogP contribution < -0.4 is 14.8 Å². The average Bonchev–Trinajstić information content (AvgIpc) is 2.79. The predicted octanol–water partition coefficient (Wildman–Crippen LogP) is 2.77. The van der Waals surface area contributed by atoms with Crippen molar-refractivity contribution >= 4 is 22.4 Å². The van der Waals surface area contributed by atoms with Gasteiger partial charge in [-0.3, -0.25) is 0 Å². The third-order valence-electron chi connectivity index (χ3n) is 4.61. The van der Waals surface area contributed by atoms with Crippen molar-refractivity contribution in [1.82, 2.24) is 10.0 Å². The molecule has 3 rings (SSSR count). The first-order chi connectivity index (χ1) is 10.8. The van der Waals surface area contributed by atoms with Crippen LogP contribution >= 0.6 is 12.4 Å². The summed E-state index contributed by atoms with van der Waals surface area (Å²) in [5.41, 5.74) is 0.840. The molecule has 2 saturated heterocycles. The van der Waals surface area contributed by atoms with Crippen LogP contribution in [0.15, 0.2) is 23.1 Å². The molecule has 2 fully saturated rings. The Balaban J connectivity index is 0.00000208. The van der Waals surface area contributed by atoms with Crippen LogP contribution in [0.25, 0.3) is 0 Å². The number of benzene rings is 1. The van der Waals surface area contributed by atoms with Crippen molar-refractivity contribution < 1.29 is 13.2 Å². The standard InChI is InChI=1S/C17H26N2O3S.ClH/c1-11(2)22-17-7-6-16(8-12(17)3)23(20,21)19-15-9-13-4-5-14(10-15)18-13;/h6-8,11,13-15,18-19H,4-5,9-10H2,1-3H3;1H. The molecule has 0 saturated carbocycles. The van der Waals surface area contributed by atoms with Crippen molar-refractivity contribution in [2.75, 3.05) is 0 Å². The zero-order valence-electron chi connectivity index (χ0n) is 14.4. The number of nitrogens with one attached hydrogen (secondary N) is 2. The van der Waals surface area contributed by atoms with Gasteiger partial charge < -0.3 is 10.1 Å². The Bertz CT molecular complexity index is 666. The highest BCUT2D eigenvalue weighted by Crippen LogP contribution is 2.28. The molecular formula is C17H27ClN2O3S. The summed E-state index contributed by atoms with van der Waals surface area (Å²) in [5.74, 6) is 0.735. The number of hydrogen-bond donors (Lipinski definition) is 2. The van der Waals surface area contributed by atoms with E-state index in [0.29, 0.717) is 17.0 Å². The van der Waals surface area contributed by atoms with Crippen LogP contribution in [0.5, 0.6) is 5.75 Å². The predicted molar refractivity (Wildman–Crippen MR) is 97.5 cm³/mol. The summed E-state index contributed by atoms with van der Waals surface area (Å²) in [6.45, 7) is 5.79. The van der Waals surface area contributed by atoms with Gasteiger partial charge in [-0.15, -0.1) is 12.4 Å². The third-order valence-corrected chi connectivity index (χ3v) is 6.13. The molecule has 2 unspecified atom stereocenters. The highest BCUT2D eigenvalue weighted by molar-refractivity contribution is 7.89. The summed E-state index contributed by atoms with van der Waals surface area (Å²) in [4.78, 5) is 0.317. The molecule has 0 aromatic heterocycles. The Morgan fingerprint density at radius 3 is 2.38 bits per heavy atom. The fraction of sp³-hybridized carbons (Fsp3) is 0.647. The molecule has 5 nitrogen and oxygen atoms in total. The van der Waals surface area contributed by atoms with Gasteiger partial charge in [-0.05, 0) is 70.2 Å². The lowest BCUT2D eigenvalue weighted by molar-refractivity contribution is 0.240. The van der Waals surface area contributed by atoms with Gasteiger partial charge in [0, 0.05) is 18.1 Å². The number of aryl methyl sites for hydroxylation is 1. The van der Waals surface area contributed by atoms with Gasteiger partial charge in [0.2, 0.25) is 10.0 Å². The molecule has 2 N–H and O–H groups in total. The van der Waals surface area contributed by atoms with E-state index in [0.717, 1.165) is 37.0 Å². The fourth-order valence-electron chi connectivity index (χ4n) is 3.62. The molecule has 2 atom stereocenters. The highest BCUT2D eigenvalue weighted by atomic mass is 35.5. The molecule has 0 radical (unpaired) electrons. The SMILES string of the molecule is Cc1cc(S(=O)(=O)NC2CC3CCC(C2)N3)ccc1OC(C)C.Cl. The summed E-state index contributed by atoms with van der Waals surface area (Å²) in [5, 5.41) is 3.53. The van der Waals surface area contributed by atoms with Crippen LogP contribution in [0.2, 0.25) is 0 Å². The molecule has 0 amide bonds. The van der Waals surface area contributed by atoms with Gasteiger partial charge in [0.25, 0.3) is 0 Å². The van der Waals surface area contributed by atoms with Gasteiger partial charge in [0.1, 0.15) is 5.75 Å². The van der Waals surface area contributed by atoms with Crippen LogP contribution in [-0.4, -0.2) is 32.6 Å². The summed E-state index contributed by atoms with van der Waals surface area (Å²) in [7, 11) is -3.48. The Morgan fingerprint density at radius 1 is 1.21 bits per heavy atom. The largest absolute Gasteiger partial charge is 0.491 e. The fourth-order valence-corrected chi connectivity index (χ4v) is 4.96. The Morgan fingerprint density at radius 2 is 1.83 bits per heavy atom. The number of rotatable bonds is 5. The maximum absolute atomic E-state index is 12.6. The van der Waals surface area contributed by atoms with E-state index < -0.39 is 10.0 Å². The molecule has 7 heteroatoms. The first kappa shape index (κ1) is 19.5. The molecule has 0 aliphatic carbocycles. The molecular weight excluding hydrogens is 348 g/mol. The lowest BCUT2D eigenvalue weighted by atomic mass is 10.0. The van der Waals surface area contributed by atoms with Crippen molar-refractivity contribution in [2.45, 2.75) is 75.6 Å². The minimum absolute atomic E-state index is 0. The van der Waals surface area contributed by atoms with Gasteiger partial charge in [-0.1, -0.05) is 0 Å². The van der Waals surface area contributed by atoms with Crippen molar-refractivity contribution in [3.05, 3.63) is 23.8 Å². The monoisotopic (exact) mass is 374 g/mol. The number of fused-ring (bicyclic) bond motifs is 2. The van der Waals surface area contributed by atoms with E-state index in [2.05, 4.69) is 10.0 Å². The van der Waals surface area contributed by atoms with E-state index in [1.807, 2.05) is 20.8 Å². The Hall–Kier alpha value is -0.820. The van der Waals surface area contributed by atoms with Gasteiger partial charge in [-0.25, -0.2) is 13.1 Å². The second-order valence-electron chi connectivity index (χ2n) is 7.02. The quantitative estimate of drug-likeness (QED) is 0.831. The van der Waals surface area contributed by atoms with Crippen LogP contribution in [0.1, 0.15) is 45.1 Å². The molecule has 2 heterocycles. The maximum Gasteiger partial charge on any atom is 0.240 e. The number of hydrogen-bond acceptors (Lipinski definition) is 4. The normalized spacial score (nSPS) is 26.2. The number of piperidine rings is 1. The molecule has 1 aromatic carbocycles. The lowest BCUT2D eigenvalue weighted by Crippen LogP contribution is -2.47. The van der Waals surface area contributed by atoms with Crippen molar-refractivity contribution in [1.29, 1.82) is 0 Å². The van der Waals surface area contributed by atoms with Crippen LogP contribution in [0, 0.1) is 6.92 Å². The van der Waals surface area contributed by atoms with Gasteiger partial charge >= 0.3 is 0 Å². The highest BCUT2D eigenvalue weighted by Gasteiger charge is 2.35. The first-order valence-corrected chi connectivity index (χ1v) is 9.87. The first-order valence-electron chi connectivity index (χ1n) is 8.39. The van der Waals surface area contributed by atoms with Crippen LogP contribution in [0.3, 0.4) is 0 Å². The van der Waals surface area contributed by atoms with E-state index in [1.54, 1.807) is 18.2 Å². The topological polar surface area (TPSA) is 67.4 Å². The molecule has 24 heavy (non-hydrogen) atoms.